The maximum Gasteiger partial charge on any atom is 0.416 e. The average molecular weight is 362 g/mol. The zero-order valence-corrected chi connectivity index (χ0v) is 14.6. The van der Waals surface area contributed by atoms with Crippen molar-refractivity contribution in [3.8, 4) is 5.75 Å². The van der Waals surface area contributed by atoms with E-state index in [4.69, 9.17) is 4.74 Å². The van der Waals surface area contributed by atoms with E-state index in [2.05, 4.69) is 10.6 Å². The fraction of sp³-hybridized carbons (Fsp3) is 0.588. The Balaban J connectivity index is 2.64. The molecule has 1 atom stereocenters. The number of aliphatic hydroxyl groups is 1. The van der Waals surface area contributed by atoms with Crippen LogP contribution in [0.1, 0.15) is 37.8 Å². The van der Waals surface area contributed by atoms with E-state index in [0.717, 1.165) is 18.9 Å². The summed E-state index contributed by atoms with van der Waals surface area (Å²) in [5, 5.41) is 14.8. The Morgan fingerprint density at radius 1 is 1.24 bits per heavy atom. The summed E-state index contributed by atoms with van der Waals surface area (Å²) in [4.78, 5) is 11.8. The van der Waals surface area contributed by atoms with E-state index in [1.54, 1.807) is 0 Å². The molecule has 0 heterocycles. The van der Waals surface area contributed by atoms with Crippen LogP contribution in [0.2, 0.25) is 0 Å². The van der Waals surface area contributed by atoms with Gasteiger partial charge in [-0.2, -0.15) is 13.2 Å². The Morgan fingerprint density at radius 2 is 1.88 bits per heavy atom. The molecule has 142 valence electrons. The van der Waals surface area contributed by atoms with Crippen molar-refractivity contribution in [2.45, 2.75) is 45.5 Å². The van der Waals surface area contributed by atoms with E-state index in [1.165, 1.54) is 19.2 Å². The molecule has 0 aliphatic heterocycles. The molecule has 8 heteroatoms. The molecule has 1 aromatic rings. The molecule has 0 fully saturated rings. The van der Waals surface area contributed by atoms with Gasteiger partial charge in [0.2, 0.25) is 0 Å². The van der Waals surface area contributed by atoms with Gasteiger partial charge in [0.15, 0.2) is 0 Å². The second-order valence-corrected chi connectivity index (χ2v) is 5.73. The summed E-state index contributed by atoms with van der Waals surface area (Å²) in [6, 6.07) is 2.93. The lowest BCUT2D eigenvalue weighted by molar-refractivity contribution is -0.138. The standard InChI is InChI=1S/C17H25F3N2O3/c1-4-11(5-2)15(23)10-22-16(24)21-9-12-6-7-13(25-3)8-14(12)17(18,19)20/h6-8,11,15,23H,4-5,9-10H2,1-3H3,(H2,21,22,24). The smallest absolute Gasteiger partial charge is 0.416 e. The number of urea groups is 1. The van der Waals surface area contributed by atoms with Gasteiger partial charge >= 0.3 is 12.2 Å². The fourth-order valence-corrected chi connectivity index (χ4v) is 2.54. The predicted molar refractivity (Wildman–Crippen MR) is 88.3 cm³/mol. The van der Waals surface area contributed by atoms with Crippen molar-refractivity contribution in [1.82, 2.24) is 10.6 Å². The van der Waals surface area contributed by atoms with Crippen molar-refractivity contribution in [2.75, 3.05) is 13.7 Å². The van der Waals surface area contributed by atoms with Crippen molar-refractivity contribution in [2.24, 2.45) is 5.92 Å². The zero-order chi connectivity index (χ0) is 19.0. The highest BCUT2D eigenvalue weighted by atomic mass is 19.4. The van der Waals surface area contributed by atoms with E-state index >= 15 is 0 Å². The van der Waals surface area contributed by atoms with Crippen molar-refractivity contribution < 1.29 is 27.8 Å². The lowest BCUT2D eigenvalue weighted by Gasteiger charge is -2.20. The Labute approximate surface area is 145 Å². The highest BCUT2D eigenvalue weighted by Crippen LogP contribution is 2.34. The van der Waals surface area contributed by atoms with Gasteiger partial charge < -0.3 is 20.5 Å². The molecule has 2 amide bonds. The zero-order valence-electron chi connectivity index (χ0n) is 14.6. The van der Waals surface area contributed by atoms with E-state index in [1.807, 2.05) is 13.8 Å². The maximum absolute atomic E-state index is 13.1. The van der Waals surface area contributed by atoms with Gasteiger partial charge in [-0.05, 0) is 23.6 Å². The first-order chi connectivity index (χ1) is 11.7. The molecule has 25 heavy (non-hydrogen) atoms. The van der Waals surface area contributed by atoms with Gasteiger partial charge in [-0.25, -0.2) is 4.79 Å². The van der Waals surface area contributed by atoms with Gasteiger partial charge in [-0.1, -0.05) is 32.8 Å². The van der Waals surface area contributed by atoms with Crippen LogP contribution in [0.3, 0.4) is 0 Å². The summed E-state index contributed by atoms with van der Waals surface area (Å²) < 4.78 is 44.1. The minimum atomic E-state index is -4.55. The highest BCUT2D eigenvalue weighted by Gasteiger charge is 2.33. The first kappa shape index (κ1) is 21.1. The van der Waals surface area contributed by atoms with Gasteiger partial charge in [0, 0.05) is 13.1 Å². The second kappa shape index (κ2) is 9.50. The van der Waals surface area contributed by atoms with Gasteiger partial charge in [0.05, 0.1) is 18.8 Å². The minimum Gasteiger partial charge on any atom is -0.497 e. The Bertz CT molecular complexity index is 561. The molecule has 1 rings (SSSR count). The first-order valence-electron chi connectivity index (χ1n) is 8.16. The van der Waals surface area contributed by atoms with Crippen molar-refractivity contribution in [1.29, 1.82) is 0 Å². The Kier molecular flexibility index (Phi) is 8.02. The number of rotatable bonds is 8. The molecule has 0 bridgehead atoms. The number of alkyl halides is 3. The van der Waals surface area contributed by atoms with Crippen LogP contribution in [-0.4, -0.2) is 30.9 Å². The van der Waals surface area contributed by atoms with Crippen LogP contribution in [0, 0.1) is 5.92 Å². The molecule has 0 saturated carbocycles. The number of aliphatic hydroxyl groups excluding tert-OH is 1. The average Bonchev–Trinajstić information content (AvgIpc) is 2.58. The number of hydrogen-bond donors (Lipinski definition) is 3. The van der Waals surface area contributed by atoms with E-state index in [0.29, 0.717) is 0 Å². The minimum absolute atomic E-state index is 0.0485. The molecule has 1 aromatic carbocycles. The molecule has 1 unspecified atom stereocenters. The summed E-state index contributed by atoms with van der Waals surface area (Å²) in [5.41, 5.74) is -0.923. The third-order valence-corrected chi connectivity index (χ3v) is 4.13. The number of carbonyl (C=O) groups excluding carboxylic acids is 1. The number of hydrogen-bond acceptors (Lipinski definition) is 3. The van der Waals surface area contributed by atoms with Gasteiger partial charge in [-0.15, -0.1) is 0 Å². The molecular formula is C17H25F3N2O3. The van der Waals surface area contributed by atoms with Crippen molar-refractivity contribution in [3.63, 3.8) is 0 Å². The number of carbonyl (C=O) groups is 1. The molecule has 0 aliphatic rings. The molecular weight excluding hydrogens is 337 g/mol. The maximum atomic E-state index is 13.1. The van der Waals surface area contributed by atoms with Gasteiger partial charge in [-0.3, -0.25) is 0 Å². The van der Waals surface area contributed by atoms with Crippen LogP contribution in [0.15, 0.2) is 18.2 Å². The first-order valence-corrected chi connectivity index (χ1v) is 8.16. The molecule has 0 saturated heterocycles. The van der Waals surface area contributed by atoms with E-state index in [9.17, 15) is 23.1 Å². The number of ether oxygens (including phenoxy) is 1. The lowest BCUT2D eigenvalue weighted by atomic mass is 9.97. The van der Waals surface area contributed by atoms with Crippen LogP contribution in [0.25, 0.3) is 0 Å². The summed E-state index contributed by atoms with van der Waals surface area (Å²) in [5.74, 6) is 0.160. The summed E-state index contributed by atoms with van der Waals surface area (Å²) in [6.07, 6.45) is -3.68. The molecule has 5 nitrogen and oxygen atoms in total. The van der Waals surface area contributed by atoms with Crippen LogP contribution in [-0.2, 0) is 12.7 Å². The largest absolute Gasteiger partial charge is 0.497 e. The third kappa shape index (κ3) is 6.45. The van der Waals surface area contributed by atoms with Crippen LogP contribution in [0.4, 0.5) is 18.0 Å². The number of amides is 2. The number of methoxy groups -OCH3 is 1. The van der Waals surface area contributed by atoms with E-state index < -0.39 is 23.9 Å². The van der Waals surface area contributed by atoms with Gasteiger partial charge in [0.1, 0.15) is 5.75 Å². The molecule has 0 radical (unpaired) electrons. The van der Waals surface area contributed by atoms with Crippen LogP contribution < -0.4 is 15.4 Å². The summed E-state index contributed by atoms with van der Waals surface area (Å²) in [7, 11) is 1.28. The number of benzene rings is 1. The quantitative estimate of drug-likeness (QED) is 0.664. The van der Waals surface area contributed by atoms with Crippen molar-refractivity contribution in [3.05, 3.63) is 29.3 Å². The van der Waals surface area contributed by atoms with Gasteiger partial charge in [0.25, 0.3) is 0 Å². The normalized spacial score (nSPS) is 12.8. The number of nitrogens with one attached hydrogen (secondary N) is 2. The van der Waals surface area contributed by atoms with Crippen molar-refractivity contribution >= 4 is 6.03 Å². The second-order valence-electron chi connectivity index (χ2n) is 5.73. The SMILES string of the molecule is CCC(CC)C(O)CNC(=O)NCc1ccc(OC)cc1C(F)(F)F. The molecule has 0 spiro atoms. The fourth-order valence-electron chi connectivity index (χ4n) is 2.54. The van der Waals surface area contributed by atoms with Crippen LogP contribution >= 0.6 is 0 Å². The highest BCUT2D eigenvalue weighted by molar-refractivity contribution is 5.73. The topological polar surface area (TPSA) is 70.6 Å². The summed E-state index contributed by atoms with van der Waals surface area (Å²) >= 11 is 0. The summed E-state index contributed by atoms with van der Waals surface area (Å²) in [6.45, 7) is 3.65. The molecule has 0 aliphatic carbocycles. The molecule has 3 N–H and O–H groups in total. The molecule has 0 aromatic heterocycles. The predicted octanol–water partition coefficient (Wildman–Crippen LogP) is 3.31. The lowest BCUT2D eigenvalue weighted by Crippen LogP contribution is -2.41. The Morgan fingerprint density at radius 3 is 2.40 bits per heavy atom. The van der Waals surface area contributed by atoms with E-state index in [-0.39, 0.29) is 30.3 Å². The Hall–Kier alpha value is -1.96. The third-order valence-electron chi connectivity index (χ3n) is 4.13. The monoisotopic (exact) mass is 362 g/mol. The number of halogens is 3. The van der Waals surface area contributed by atoms with Crippen LogP contribution in [0.5, 0.6) is 5.75 Å².